The molecule has 0 aliphatic rings. The van der Waals surface area contributed by atoms with E-state index in [-0.39, 0.29) is 11.3 Å². The summed E-state index contributed by atoms with van der Waals surface area (Å²) >= 11 is 0. The van der Waals surface area contributed by atoms with E-state index in [1.165, 1.54) is 19.3 Å². The minimum Gasteiger partial charge on any atom is -0.318 e. The summed E-state index contributed by atoms with van der Waals surface area (Å²) < 4.78 is 26.5. The standard InChI is InChI=1S/C12H28N2O2S/c1-5-6-7-8-9-11(2)14-17(15,16)12(3)10-13-4/h11-14H,5-10H2,1-4H3. The van der Waals surface area contributed by atoms with E-state index in [1.807, 2.05) is 6.92 Å². The van der Waals surface area contributed by atoms with Crippen LogP contribution < -0.4 is 10.0 Å². The van der Waals surface area contributed by atoms with Crippen molar-refractivity contribution in [2.45, 2.75) is 64.2 Å². The molecule has 0 aliphatic heterocycles. The molecule has 0 radical (unpaired) electrons. The van der Waals surface area contributed by atoms with Crippen molar-refractivity contribution < 1.29 is 8.42 Å². The van der Waals surface area contributed by atoms with Gasteiger partial charge in [-0.1, -0.05) is 32.6 Å². The Bertz CT molecular complexity index is 278. The average molecular weight is 264 g/mol. The number of sulfonamides is 1. The van der Waals surface area contributed by atoms with Crippen LogP contribution >= 0.6 is 0 Å². The molecule has 0 aromatic carbocycles. The van der Waals surface area contributed by atoms with E-state index in [9.17, 15) is 8.42 Å². The molecule has 0 rings (SSSR count). The molecule has 5 heteroatoms. The summed E-state index contributed by atoms with van der Waals surface area (Å²) in [5.41, 5.74) is 0. The molecule has 0 spiro atoms. The Kier molecular flexibility index (Phi) is 8.82. The van der Waals surface area contributed by atoms with E-state index in [1.54, 1.807) is 14.0 Å². The topological polar surface area (TPSA) is 58.2 Å². The average Bonchev–Trinajstić information content (AvgIpc) is 2.24. The van der Waals surface area contributed by atoms with E-state index in [2.05, 4.69) is 17.0 Å². The summed E-state index contributed by atoms with van der Waals surface area (Å²) in [7, 11) is -1.41. The summed E-state index contributed by atoms with van der Waals surface area (Å²) in [5, 5.41) is 2.50. The van der Waals surface area contributed by atoms with Crippen molar-refractivity contribution in [1.29, 1.82) is 0 Å². The number of hydrogen-bond acceptors (Lipinski definition) is 3. The Morgan fingerprint density at radius 2 is 1.76 bits per heavy atom. The second kappa shape index (κ2) is 8.89. The van der Waals surface area contributed by atoms with Crippen molar-refractivity contribution in [2.75, 3.05) is 13.6 Å². The second-order valence-electron chi connectivity index (χ2n) is 4.78. The maximum atomic E-state index is 11.9. The highest BCUT2D eigenvalue weighted by atomic mass is 32.2. The molecule has 0 saturated heterocycles. The summed E-state index contributed by atoms with van der Waals surface area (Å²) in [5.74, 6) is 0. The van der Waals surface area contributed by atoms with Gasteiger partial charge in [0.25, 0.3) is 0 Å². The van der Waals surface area contributed by atoms with Crippen molar-refractivity contribution in [2.24, 2.45) is 0 Å². The Morgan fingerprint density at radius 1 is 1.12 bits per heavy atom. The Balaban J connectivity index is 3.96. The third kappa shape index (κ3) is 7.73. The molecular weight excluding hydrogens is 236 g/mol. The number of unbranched alkanes of at least 4 members (excludes halogenated alkanes) is 3. The molecule has 0 aliphatic carbocycles. The highest BCUT2D eigenvalue weighted by Crippen LogP contribution is 2.07. The first-order valence-electron chi connectivity index (χ1n) is 6.59. The van der Waals surface area contributed by atoms with Crippen LogP contribution in [0.5, 0.6) is 0 Å². The van der Waals surface area contributed by atoms with Gasteiger partial charge in [-0.15, -0.1) is 0 Å². The minimum absolute atomic E-state index is 0.0381. The normalized spacial score (nSPS) is 15.8. The van der Waals surface area contributed by atoms with E-state index < -0.39 is 10.0 Å². The molecule has 0 aromatic heterocycles. The summed E-state index contributed by atoms with van der Waals surface area (Å²) in [6.07, 6.45) is 5.65. The molecule has 4 nitrogen and oxygen atoms in total. The molecule has 2 N–H and O–H groups in total. The Labute approximate surface area is 107 Å². The molecule has 0 amide bonds. The van der Waals surface area contributed by atoms with Crippen molar-refractivity contribution in [3.63, 3.8) is 0 Å². The molecule has 0 fully saturated rings. The molecule has 0 aromatic rings. The summed E-state index contributed by atoms with van der Waals surface area (Å²) in [6, 6.07) is 0.0381. The Morgan fingerprint density at radius 3 is 2.29 bits per heavy atom. The zero-order valence-corrected chi connectivity index (χ0v) is 12.4. The monoisotopic (exact) mass is 264 g/mol. The molecule has 17 heavy (non-hydrogen) atoms. The summed E-state index contributed by atoms with van der Waals surface area (Å²) in [4.78, 5) is 0. The van der Waals surface area contributed by atoms with Gasteiger partial charge in [0.05, 0.1) is 5.25 Å². The fourth-order valence-corrected chi connectivity index (χ4v) is 3.03. The molecule has 2 atom stereocenters. The number of rotatable bonds is 10. The van der Waals surface area contributed by atoms with Gasteiger partial charge in [-0.25, -0.2) is 13.1 Å². The predicted molar refractivity (Wildman–Crippen MR) is 73.7 cm³/mol. The van der Waals surface area contributed by atoms with Crippen LogP contribution in [-0.4, -0.2) is 33.3 Å². The minimum atomic E-state index is -3.18. The van der Waals surface area contributed by atoms with Crippen LogP contribution in [0.4, 0.5) is 0 Å². The highest BCUT2D eigenvalue weighted by Gasteiger charge is 2.21. The van der Waals surface area contributed by atoms with Gasteiger partial charge in [-0.2, -0.15) is 0 Å². The van der Waals surface area contributed by atoms with Crippen LogP contribution in [0.15, 0.2) is 0 Å². The largest absolute Gasteiger partial charge is 0.318 e. The van der Waals surface area contributed by atoms with Crippen LogP contribution in [-0.2, 0) is 10.0 Å². The first-order valence-corrected chi connectivity index (χ1v) is 8.14. The molecule has 104 valence electrons. The molecule has 0 saturated carbocycles. The van der Waals surface area contributed by atoms with Crippen molar-refractivity contribution in [1.82, 2.24) is 10.0 Å². The lowest BCUT2D eigenvalue weighted by Gasteiger charge is -2.18. The van der Waals surface area contributed by atoms with Gasteiger partial charge in [-0.3, -0.25) is 0 Å². The zero-order chi connectivity index (χ0) is 13.3. The number of nitrogens with one attached hydrogen (secondary N) is 2. The lowest BCUT2D eigenvalue weighted by atomic mass is 10.1. The first kappa shape index (κ1) is 16.9. The van der Waals surface area contributed by atoms with Gasteiger partial charge in [0.15, 0.2) is 0 Å². The lowest BCUT2D eigenvalue weighted by molar-refractivity contribution is 0.513. The van der Waals surface area contributed by atoms with Crippen LogP contribution in [0.25, 0.3) is 0 Å². The highest BCUT2D eigenvalue weighted by molar-refractivity contribution is 7.90. The summed E-state index contributed by atoms with van der Waals surface area (Å²) in [6.45, 7) is 6.32. The lowest BCUT2D eigenvalue weighted by Crippen LogP contribution is -2.42. The molecule has 2 unspecified atom stereocenters. The third-order valence-corrected chi connectivity index (χ3v) is 4.83. The van der Waals surface area contributed by atoms with Gasteiger partial charge in [0, 0.05) is 12.6 Å². The zero-order valence-electron chi connectivity index (χ0n) is 11.6. The molecule has 0 bridgehead atoms. The van der Waals surface area contributed by atoms with E-state index in [0.717, 1.165) is 12.8 Å². The van der Waals surface area contributed by atoms with Crippen molar-refractivity contribution in [3.05, 3.63) is 0 Å². The quantitative estimate of drug-likeness (QED) is 0.592. The second-order valence-corrected chi connectivity index (χ2v) is 6.91. The predicted octanol–water partition coefficient (Wildman–Crippen LogP) is 1.87. The van der Waals surface area contributed by atoms with Gasteiger partial charge in [-0.05, 0) is 27.3 Å². The van der Waals surface area contributed by atoms with Crippen LogP contribution in [0.2, 0.25) is 0 Å². The fraction of sp³-hybridized carbons (Fsp3) is 1.00. The van der Waals surface area contributed by atoms with Crippen molar-refractivity contribution in [3.8, 4) is 0 Å². The van der Waals surface area contributed by atoms with E-state index in [4.69, 9.17) is 0 Å². The van der Waals surface area contributed by atoms with Gasteiger partial charge < -0.3 is 5.32 Å². The SMILES string of the molecule is CCCCCCC(C)NS(=O)(=O)C(C)CNC. The van der Waals surface area contributed by atoms with E-state index >= 15 is 0 Å². The molecular formula is C12H28N2O2S. The van der Waals surface area contributed by atoms with Crippen LogP contribution in [0.1, 0.15) is 52.9 Å². The van der Waals surface area contributed by atoms with Crippen LogP contribution in [0, 0.1) is 0 Å². The third-order valence-electron chi connectivity index (χ3n) is 2.88. The Hall–Kier alpha value is -0.130. The maximum Gasteiger partial charge on any atom is 0.215 e. The van der Waals surface area contributed by atoms with E-state index in [0.29, 0.717) is 6.54 Å². The first-order chi connectivity index (χ1) is 7.94. The van der Waals surface area contributed by atoms with Crippen LogP contribution in [0.3, 0.4) is 0 Å². The fourth-order valence-electron chi connectivity index (χ4n) is 1.73. The molecule has 0 heterocycles. The van der Waals surface area contributed by atoms with Gasteiger partial charge in [0.2, 0.25) is 10.0 Å². The maximum absolute atomic E-state index is 11.9. The van der Waals surface area contributed by atoms with Gasteiger partial charge in [0.1, 0.15) is 0 Å². The number of hydrogen-bond donors (Lipinski definition) is 2. The van der Waals surface area contributed by atoms with Crippen molar-refractivity contribution >= 4 is 10.0 Å². The smallest absolute Gasteiger partial charge is 0.215 e. The van der Waals surface area contributed by atoms with Gasteiger partial charge >= 0.3 is 0 Å².